The minimum Gasteiger partial charge on any atom is -0.389 e. The molecule has 0 aliphatic rings. The number of thiocarbonyl (C=S) groups is 1. The SMILES string of the molecule is CC(Cc1cccs1)N(C)Cc1cc(F)ccc1C(N)=S. The number of nitrogens with two attached hydrogens (primary N) is 1. The van der Waals surface area contributed by atoms with Crippen LogP contribution in [0.25, 0.3) is 0 Å². The largest absolute Gasteiger partial charge is 0.389 e. The predicted octanol–water partition coefficient (Wildman–Crippen LogP) is 3.58. The van der Waals surface area contributed by atoms with Crippen molar-refractivity contribution >= 4 is 28.5 Å². The van der Waals surface area contributed by atoms with Gasteiger partial charge >= 0.3 is 0 Å². The van der Waals surface area contributed by atoms with E-state index in [1.165, 1.54) is 17.0 Å². The highest BCUT2D eigenvalue weighted by molar-refractivity contribution is 7.80. The summed E-state index contributed by atoms with van der Waals surface area (Å²) in [5, 5.41) is 2.08. The van der Waals surface area contributed by atoms with Crippen molar-refractivity contribution in [2.24, 2.45) is 5.73 Å². The minimum atomic E-state index is -0.260. The number of nitrogens with zero attached hydrogens (tertiary/aromatic N) is 1. The number of hydrogen-bond acceptors (Lipinski definition) is 3. The smallest absolute Gasteiger partial charge is 0.123 e. The Morgan fingerprint density at radius 3 is 2.81 bits per heavy atom. The number of benzene rings is 1. The van der Waals surface area contributed by atoms with Crippen molar-refractivity contribution in [1.29, 1.82) is 0 Å². The van der Waals surface area contributed by atoms with E-state index in [0.717, 1.165) is 17.5 Å². The first-order chi connectivity index (χ1) is 9.97. The summed E-state index contributed by atoms with van der Waals surface area (Å²) in [7, 11) is 2.03. The molecule has 0 fully saturated rings. The summed E-state index contributed by atoms with van der Waals surface area (Å²) in [5.74, 6) is -0.260. The van der Waals surface area contributed by atoms with Gasteiger partial charge in [-0.15, -0.1) is 11.3 Å². The van der Waals surface area contributed by atoms with E-state index < -0.39 is 0 Å². The van der Waals surface area contributed by atoms with E-state index in [1.807, 2.05) is 7.05 Å². The van der Waals surface area contributed by atoms with Crippen LogP contribution in [-0.2, 0) is 13.0 Å². The van der Waals surface area contributed by atoms with Gasteiger partial charge in [-0.2, -0.15) is 0 Å². The molecule has 0 spiro atoms. The van der Waals surface area contributed by atoms with Crippen molar-refractivity contribution in [3.63, 3.8) is 0 Å². The molecule has 0 aliphatic carbocycles. The number of likely N-dealkylation sites (N-methyl/N-ethyl adjacent to an activating group) is 1. The molecule has 1 heterocycles. The van der Waals surface area contributed by atoms with Crippen molar-refractivity contribution in [1.82, 2.24) is 4.90 Å². The molecule has 2 aromatic rings. The molecule has 0 saturated carbocycles. The maximum atomic E-state index is 13.5. The van der Waals surface area contributed by atoms with Crippen LogP contribution in [0.4, 0.5) is 4.39 Å². The lowest BCUT2D eigenvalue weighted by atomic mass is 10.1. The molecule has 21 heavy (non-hydrogen) atoms. The molecule has 1 unspecified atom stereocenters. The van der Waals surface area contributed by atoms with Gasteiger partial charge in [0, 0.05) is 23.0 Å². The minimum absolute atomic E-state index is 0.260. The predicted molar refractivity (Wildman–Crippen MR) is 91.2 cm³/mol. The van der Waals surface area contributed by atoms with E-state index in [4.69, 9.17) is 18.0 Å². The zero-order valence-electron chi connectivity index (χ0n) is 12.2. The molecular formula is C16H19FN2S2. The van der Waals surface area contributed by atoms with Crippen LogP contribution in [0, 0.1) is 5.82 Å². The summed E-state index contributed by atoms with van der Waals surface area (Å²) in [5.41, 5.74) is 7.31. The van der Waals surface area contributed by atoms with Gasteiger partial charge in [-0.25, -0.2) is 4.39 Å². The van der Waals surface area contributed by atoms with E-state index in [0.29, 0.717) is 17.6 Å². The molecule has 0 radical (unpaired) electrons. The normalized spacial score (nSPS) is 12.6. The van der Waals surface area contributed by atoms with Crippen LogP contribution in [-0.4, -0.2) is 23.0 Å². The monoisotopic (exact) mass is 322 g/mol. The quantitative estimate of drug-likeness (QED) is 0.824. The van der Waals surface area contributed by atoms with E-state index in [9.17, 15) is 4.39 Å². The van der Waals surface area contributed by atoms with Crippen LogP contribution < -0.4 is 5.73 Å². The summed E-state index contributed by atoms with van der Waals surface area (Å²) in [6.45, 7) is 2.79. The third kappa shape index (κ3) is 4.33. The second-order valence-corrected chi connectivity index (χ2v) is 6.69. The highest BCUT2D eigenvalue weighted by Crippen LogP contribution is 2.18. The Labute approximate surface area is 134 Å². The van der Waals surface area contributed by atoms with Crippen molar-refractivity contribution in [3.05, 3.63) is 57.5 Å². The third-order valence-corrected chi connectivity index (χ3v) is 4.70. The summed E-state index contributed by atoms with van der Waals surface area (Å²) in [4.78, 5) is 3.85. The second kappa shape index (κ2) is 7.11. The Morgan fingerprint density at radius 1 is 1.43 bits per heavy atom. The molecule has 1 atom stereocenters. The topological polar surface area (TPSA) is 29.3 Å². The zero-order valence-corrected chi connectivity index (χ0v) is 13.8. The van der Waals surface area contributed by atoms with E-state index in [2.05, 4.69) is 29.3 Å². The summed E-state index contributed by atoms with van der Waals surface area (Å²) in [6, 6.07) is 9.12. The summed E-state index contributed by atoms with van der Waals surface area (Å²) < 4.78 is 13.5. The Hall–Kier alpha value is -1.30. The Balaban J connectivity index is 2.09. The van der Waals surface area contributed by atoms with Crippen molar-refractivity contribution in [3.8, 4) is 0 Å². The van der Waals surface area contributed by atoms with Gasteiger partial charge in [-0.05, 0) is 55.6 Å². The third-order valence-electron chi connectivity index (χ3n) is 3.58. The first-order valence-corrected chi connectivity index (χ1v) is 8.07. The van der Waals surface area contributed by atoms with Crippen LogP contribution in [0.3, 0.4) is 0 Å². The van der Waals surface area contributed by atoms with Gasteiger partial charge in [-0.3, -0.25) is 4.90 Å². The maximum absolute atomic E-state index is 13.5. The van der Waals surface area contributed by atoms with Gasteiger partial charge in [0.15, 0.2) is 0 Å². The van der Waals surface area contributed by atoms with Gasteiger partial charge in [-0.1, -0.05) is 18.3 Å². The molecule has 2 N–H and O–H groups in total. The van der Waals surface area contributed by atoms with Crippen LogP contribution in [0.1, 0.15) is 22.9 Å². The van der Waals surface area contributed by atoms with Crippen molar-refractivity contribution < 1.29 is 4.39 Å². The standard InChI is InChI=1S/C16H19FN2S2/c1-11(8-14-4-3-7-21-14)19(2)10-12-9-13(17)5-6-15(12)16(18)20/h3-7,9,11H,8,10H2,1-2H3,(H2,18,20). The molecule has 0 bridgehead atoms. The fraction of sp³-hybridized carbons (Fsp3) is 0.312. The highest BCUT2D eigenvalue weighted by atomic mass is 32.1. The zero-order chi connectivity index (χ0) is 15.4. The van der Waals surface area contributed by atoms with E-state index in [-0.39, 0.29) is 5.82 Å². The summed E-state index contributed by atoms with van der Waals surface area (Å²) in [6.07, 6.45) is 0.978. The van der Waals surface area contributed by atoms with Crippen molar-refractivity contribution in [2.45, 2.75) is 25.9 Å². The number of rotatable bonds is 6. The molecule has 2 rings (SSSR count). The summed E-state index contributed by atoms with van der Waals surface area (Å²) >= 11 is 6.80. The van der Waals surface area contributed by atoms with Gasteiger partial charge in [0.1, 0.15) is 10.8 Å². The van der Waals surface area contributed by atoms with E-state index >= 15 is 0 Å². The van der Waals surface area contributed by atoms with E-state index in [1.54, 1.807) is 17.4 Å². The Morgan fingerprint density at radius 2 is 2.19 bits per heavy atom. The lowest BCUT2D eigenvalue weighted by Gasteiger charge is -2.25. The number of thiophene rings is 1. The van der Waals surface area contributed by atoms with Gasteiger partial charge in [0.25, 0.3) is 0 Å². The fourth-order valence-corrected chi connectivity index (χ4v) is 3.26. The Bertz CT molecular complexity index is 611. The average Bonchev–Trinajstić information content (AvgIpc) is 2.91. The number of halogens is 1. The fourth-order valence-electron chi connectivity index (χ4n) is 2.23. The highest BCUT2D eigenvalue weighted by Gasteiger charge is 2.14. The average molecular weight is 322 g/mol. The first-order valence-electron chi connectivity index (χ1n) is 6.78. The van der Waals surface area contributed by atoms with Crippen LogP contribution >= 0.6 is 23.6 Å². The van der Waals surface area contributed by atoms with Crippen LogP contribution in [0.15, 0.2) is 35.7 Å². The second-order valence-electron chi connectivity index (χ2n) is 5.21. The molecule has 112 valence electrons. The molecule has 2 nitrogen and oxygen atoms in total. The maximum Gasteiger partial charge on any atom is 0.123 e. The number of hydrogen-bond donors (Lipinski definition) is 1. The van der Waals surface area contributed by atoms with Gasteiger partial charge in [0.05, 0.1) is 0 Å². The van der Waals surface area contributed by atoms with Crippen LogP contribution in [0.2, 0.25) is 0 Å². The lowest BCUT2D eigenvalue weighted by Crippen LogP contribution is -2.31. The first kappa shape index (κ1) is 16.1. The molecule has 5 heteroatoms. The molecule has 1 aromatic heterocycles. The molecule has 0 amide bonds. The van der Waals surface area contributed by atoms with Crippen molar-refractivity contribution in [2.75, 3.05) is 7.05 Å². The molecule has 0 saturated heterocycles. The molecule has 0 aliphatic heterocycles. The molecular weight excluding hydrogens is 303 g/mol. The Kier molecular flexibility index (Phi) is 5.45. The van der Waals surface area contributed by atoms with Crippen LogP contribution in [0.5, 0.6) is 0 Å². The van der Waals surface area contributed by atoms with Gasteiger partial charge in [0.2, 0.25) is 0 Å². The molecule has 1 aromatic carbocycles. The lowest BCUT2D eigenvalue weighted by molar-refractivity contribution is 0.248. The van der Waals surface area contributed by atoms with Gasteiger partial charge < -0.3 is 5.73 Å².